The summed E-state index contributed by atoms with van der Waals surface area (Å²) in [5.74, 6) is -0.435. The Balaban J connectivity index is 1.56. The fourth-order valence-electron chi connectivity index (χ4n) is 3.17. The SMILES string of the molecule is CCOC(=O)c1coc(NC2CCN3CCCC3C2)n1. The minimum absolute atomic E-state index is 0.229. The normalized spacial score (nSPS) is 26.2. The van der Waals surface area contributed by atoms with Crippen molar-refractivity contribution in [1.29, 1.82) is 0 Å². The third-order valence-electron chi connectivity index (χ3n) is 4.14. The number of esters is 1. The van der Waals surface area contributed by atoms with E-state index in [1.165, 1.54) is 25.6 Å². The highest BCUT2D eigenvalue weighted by Crippen LogP contribution is 2.28. The van der Waals surface area contributed by atoms with E-state index in [1.54, 1.807) is 6.92 Å². The number of hydrogen-bond donors (Lipinski definition) is 1. The Bertz CT molecular complexity index is 474. The predicted molar refractivity (Wildman–Crippen MR) is 73.7 cm³/mol. The number of oxazole rings is 1. The van der Waals surface area contributed by atoms with E-state index in [0.717, 1.165) is 19.4 Å². The maximum absolute atomic E-state index is 11.5. The van der Waals surface area contributed by atoms with Crippen molar-refractivity contribution >= 4 is 12.0 Å². The first kappa shape index (κ1) is 13.4. The van der Waals surface area contributed by atoms with Crippen molar-refractivity contribution in [3.8, 4) is 0 Å². The molecule has 2 aliphatic heterocycles. The van der Waals surface area contributed by atoms with Gasteiger partial charge in [0.1, 0.15) is 6.26 Å². The first-order valence-electron chi connectivity index (χ1n) is 7.39. The van der Waals surface area contributed by atoms with Crippen LogP contribution in [-0.4, -0.2) is 47.6 Å². The fourth-order valence-corrected chi connectivity index (χ4v) is 3.17. The molecule has 1 aromatic rings. The molecular weight excluding hydrogens is 258 g/mol. The molecule has 0 bridgehead atoms. The van der Waals surface area contributed by atoms with Crippen LogP contribution in [0.25, 0.3) is 0 Å². The molecule has 2 fully saturated rings. The molecule has 0 radical (unpaired) electrons. The van der Waals surface area contributed by atoms with Crippen molar-refractivity contribution in [1.82, 2.24) is 9.88 Å². The smallest absolute Gasteiger partial charge is 0.360 e. The second-order valence-corrected chi connectivity index (χ2v) is 5.46. The standard InChI is InChI=1S/C14H21N3O3/c1-2-19-13(18)12-9-20-14(16-12)15-10-5-7-17-6-3-4-11(17)8-10/h9-11H,2-8H2,1H3,(H,15,16). The zero-order chi connectivity index (χ0) is 13.9. The van der Waals surface area contributed by atoms with Crippen LogP contribution in [0.4, 0.5) is 6.01 Å². The maximum atomic E-state index is 11.5. The van der Waals surface area contributed by atoms with E-state index in [2.05, 4.69) is 15.2 Å². The summed E-state index contributed by atoms with van der Waals surface area (Å²) in [6.45, 7) is 4.48. The van der Waals surface area contributed by atoms with Crippen LogP contribution < -0.4 is 5.32 Å². The zero-order valence-electron chi connectivity index (χ0n) is 11.8. The highest BCUT2D eigenvalue weighted by atomic mass is 16.5. The molecule has 0 spiro atoms. The van der Waals surface area contributed by atoms with E-state index in [-0.39, 0.29) is 5.69 Å². The lowest BCUT2D eigenvalue weighted by Gasteiger charge is -2.34. The first-order valence-corrected chi connectivity index (χ1v) is 7.39. The Morgan fingerprint density at radius 3 is 3.30 bits per heavy atom. The molecule has 20 heavy (non-hydrogen) atoms. The molecule has 6 nitrogen and oxygen atoms in total. The molecule has 2 unspecified atom stereocenters. The third kappa shape index (κ3) is 2.80. The molecule has 3 rings (SSSR count). The number of rotatable bonds is 4. The van der Waals surface area contributed by atoms with Crippen LogP contribution in [0.3, 0.4) is 0 Å². The summed E-state index contributed by atoms with van der Waals surface area (Å²) in [6, 6.07) is 1.49. The summed E-state index contributed by atoms with van der Waals surface area (Å²) in [7, 11) is 0. The monoisotopic (exact) mass is 279 g/mol. The number of carbonyl (C=O) groups is 1. The minimum atomic E-state index is -0.435. The lowest BCUT2D eigenvalue weighted by molar-refractivity contribution is 0.0519. The summed E-state index contributed by atoms with van der Waals surface area (Å²) >= 11 is 0. The highest BCUT2D eigenvalue weighted by Gasteiger charge is 2.32. The third-order valence-corrected chi connectivity index (χ3v) is 4.14. The quantitative estimate of drug-likeness (QED) is 0.849. The van der Waals surface area contributed by atoms with Crippen LogP contribution in [0.5, 0.6) is 0 Å². The van der Waals surface area contributed by atoms with Crippen molar-refractivity contribution < 1.29 is 13.9 Å². The van der Waals surface area contributed by atoms with Crippen molar-refractivity contribution in [2.45, 2.75) is 44.7 Å². The van der Waals surface area contributed by atoms with Gasteiger partial charge in [0.05, 0.1) is 6.61 Å². The Labute approximate surface area is 118 Å². The number of carbonyl (C=O) groups excluding carboxylic acids is 1. The second kappa shape index (κ2) is 5.83. The van der Waals surface area contributed by atoms with E-state index < -0.39 is 5.97 Å². The number of nitrogens with zero attached hydrogens (tertiary/aromatic N) is 2. The number of nitrogens with one attached hydrogen (secondary N) is 1. The van der Waals surface area contributed by atoms with Crippen LogP contribution in [0.15, 0.2) is 10.7 Å². The van der Waals surface area contributed by atoms with Gasteiger partial charge in [0.25, 0.3) is 6.01 Å². The number of anilines is 1. The van der Waals surface area contributed by atoms with Crippen LogP contribution in [0.2, 0.25) is 0 Å². The Kier molecular flexibility index (Phi) is 3.91. The van der Waals surface area contributed by atoms with Gasteiger partial charge in [0, 0.05) is 18.6 Å². The summed E-state index contributed by atoms with van der Waals surface area (Å²) in [5.41, 5.74) is 0.229. The van der Waals surface area contributed by atoms with Gasteiger partial charge in [-0.2, -0.15) is 4.98 Å². The van der Waals surface area contributed by atoms with Gasteiger partial charge < -0.3 is 19.4 Å². The molecule has 3 heterocycles. The van der Waals surface area contributed by atoms with Crippen molar-refractivity contribution in [2.24, 2.45) is 0 Å². The molecular formula is C14H21N3O3. The molecule has 0 saturated carbocycles. The van der Waals surface area contributed by atoms with Crippen LogP contribution >= 0.6 is 0 Å². The Hall–Kier alpha value is -1.56. The van der Waals surface area contributed by atoms with Gasteiger partial charge in [-0.25, -0.2) is 4.79 Å². The average Bonchev–Trinajstić information content (AvgIpc) is 3.07. The summed E-state index contributed by atoms with van der Waals surface area (Å²) in [6.07, 6.45) is 6.16. The van der Waals surface area contributed by atoms with Gasteiger partial charge in [0.2, 0.25) is 0 Å². The molecule has 1 N–H and O–H groups in total. The molecule has 2 aliphatic rings. The first-order chi connectivity index (χ1) is 9.76. The van der Waals surface area contributed by atoms with Crippen LogP contribution in [0.1, 0.15) is 43.1 Å². The number of fused-ring (bicyclic) bond motifs is 1. The number of piperidine rings is 1. The summed E-state index contributed by atoms with van der Waals surface area (Å²) < 4.78 is 10.2. The van der Waals surface area contributed by atoms with Gasteiger partial charge in [0.15, 0.2) is 5.69 Å². The molecule has 1 aromatic heterocycles. The molecule has 0 amide bonds. The minimum Gasteiger partial charge on any atom is -0.461 e. The highest BCUT2D eigenvalue weighted by molar-refractivity contribution is 5.87. The second-order valence-electron chi connectivity index (χ2n) is 5.46. The van der Waals surface area contributed by atoms with Gasteiger partial charge >= 0.3 is 5.97 Å². The number of ether oxygens (including phenoxy) is 1. The van der Waals surface area contributed by atoms with Crippen molar-refractivity contribution in [3.05, 3.63) is 12.0 Å². The molecule has 0 aliphatic carbocycles. The van der Waals surface area contributed by atoms with Gasteiger partial charge in [-0.3, -0.25) is 0 Å². The zero-order valence-corrected chi connectivity index (χ0v) is 11.8. The maximum Gasteiger partial charge on any atom is 0.360 e. The molecule has 110 valence electrons. The molecule has 0 aromatic carbocycles. The van der Waals surface area contributed by atoms with E-state index >= 15 is 0 Å². The topological polar surface area (TPSA) is 67.6 Å². The van der Waals surface area contributed by atoms with Gasteiger partial charge in [-0.1, -0.05) is 0 Å². The fraction of sp³-hybridized carbons (Fsp3) is 0.714. The number of aromatic nitrogens is 1. The lowest BCUT2D eigenvalue weighted by Crippen LogP contribution is -2.42. The van der Waals surface area contributed by atoms with Crippen LogP contribution in [0, 0.1) is 0 Å². The van der Waals surface area contributed by atoms with E-state index in [4.69, 9.17) is 9.15 Å². The predicted octanol–water partition coefficient (Wildman–Crippen LogP) is 1.89. The summed E-state index contributed by atoms with van der Waals surface area (Å²) in [5, 5.41) is 3.30. The van der Waals surface area contributed by atoms with Gasteiger partial charge in [-0.05, 0) is 39.2 Å². The van der Waals surface area contributed by atoms with Crippen molar-refractivity contribution in [3.63, 3.8) is 0 Å². The summed E-state index contributed by atoms with van der Waals surface area (Å²) in [4.78, 5) is 18.2. The molecule has 6 heteroatoms. The Morgan fingerprint density at radius 1 is 1.55 bits per heavy atom. The average molecular weight is 279 g/mol. The van der Waals surface area contributed by atoms with E-state index in [9.17, 15) is 4.79 Å². The van der Waals surface area contributed by atoms with E-state index in [1.807, 2.05) is 0 Å². The lowest BCUT2D eigenvalue weighted by atomic mass is 9.98. The largest absolute Gasteiger partial charge is 0.461 e. The molecule has 2 saturated heterocycles. The van der Waals surface area contributed by atoms with Crippen LogP contribution in [-0.2, 0) is 4.74 Å². The van der Waals surface area contributed by atoms with Gasteiger partial charge in [-0.15, -0.1) is 0 Å². The van der Waals surface area contributed by atoms with E-state index in [0.29, 0.717) is 24.7 Å². The Morgan fingerprint density at radius 2 is 2.45 bits per heavy atom. The number of hydrogen-bond acceptors (Lipinski definition) is 6. The van der Waals surface area contributed by atoms with Crippen molar-refractivity contribution in [2.75, 3.05) is 25.0 Å². The molecule has 2 atom stereocenters.